The number of benzene rings is 1. The van der Waals surface area contributed by atoms with Crippen LogP contribution in [0, 0.1) is 6.92 Å². The number of thiol groups is 1. The van der Waals surface area contributed by atoms with E-state index in [0.29, 0.717) is 0 Å². The average molecular weight is 221 g/mol. The molecule has 0 unspecified atom stereocenters. The highest BCUT2D eigenvalue weighted by atomic mass is 32.1. The summed E-state index contributed by atoms with van der Waals surface area (Å²) in [4.78, 5) is 4.48. The third kappa shape index (κ3) is 1.99. The molecule has 0 amide bonds. The van der Waals surface area contributed by atoms with Gasteiger partial charge in [-0.2, -0.15) is 12.6 Å². The third-order valence-electron chi connectivity index (χ3n) is 2.00. The van der Waals surface area contributed by atoms with Gasteiger partial charge in [-0.15, -0.1) is 11.3 Å². The summed E-state index contributed by atoms with van der Waals surface area (Å²) in [6.07, 6.45) is 0. The van der Waals surface area contributed by atoms with Crippen LogP contribution in [-0.2, 0) is 5.75 Å². The molecular formula is C11H11NS2. The van der Waals surface area contributed by atoms with Crippen LogP contribution in [0.3, 0.4) is 0 Å². The minimum absolute atomic E-state index is 0.719. The molecule has 0 saturated heterocycles. The van der Waals surface area contributed by atoms with E-state index >= 15 is 0 Å². The van der Waals surface area contributed by atoms with E-state index in [1.54, 1.807) is 11.3 Å². The van der Waals surface area contributed by atoms with Gasteiger partial charge < -0.3 is 0 Å². The first-order valence-corrected chi connectivity index (χ1v) is 5.93. The van der Waals surface area contributed by atoms with Crippen LogP contribution in [0.1, 0.15) is 10.6 Å². The van der Waals surface area contributed by atoms with Crippen LogP contribution in [0.25, 0.3) is 11.3 Å². The van der Waals surface area contributed by atoms with E-state index in [0.717, 1.165) is 16.5 Å². The molecule has 0 radical (unpaired) electrons. The SMILES string of the molecule is Cc1cccc(-c2csc(CS)n2)c1. The predicted molar refractivity (Wildman–Crippen MR) is 65.0 cm³/mol. The fraction of sp³-hybridized carbons (Fsp3) is 0.182. The number of aryl methyl sites for hydroxylation is 1. The van der Waals surface area contributed by atoms with Crippen LogP contribution in [0.4, 0.5) is 0 Å². The Balaban J connectivity index is 2.39. The minimum Gasteiger partial charge on any atom is -0.240 e. The maximum absolute atomic E-state index is 4.48. The summed E-state index contributed by atoms with van der Waals surface area (Å²) in [5.74, 6) is 0.719. The van der Waals surface area contributed by atoms with E-state index in [1.807, 2.05) is 0 Å². The lowest BCUT2D eigenvalue weighted by molar-refractivity contribution is 1.27. The molecule has 0 saturated carbocycles. The molecule has 0 atom stereocenters. The van der Waals surface area contributed by atoms with E-state index in [-0.39, 0.29) is 0 Å². The Morgan fingerprint density at radius 3 is 2.93 bits per heavy atom. The van der Waals surface area contributed by atoms with Crippen LogP contribution in [0.5, 0.6) is 0 Å². The molecular weight excluding hydrogens is 210 g/mol. The monoisotopic (exact) mass is 221 g/mol. The second-order valence-corrected chi connectivity index (χ2v) is 4.41. The number of aromatic nitrogens is 1. The Morgan fingerprint density at radius 2 is 2.29 bits per heavy atom. The highest BCUT2D eigenvalue weighted by molar-refractivity contribution is 7.79. The number of thiazole rings is 1. The lowest BCUT2D eigenvalue weighted by atomic mass is 10.1. The van der Waals surface area contributed by atoms with Crippen LogP contribution in [-0.4, -0.2) is 4.98 Å². The third-order valence-corrected chi connectivity index (χ3v) is 3.36. The zero-order valence-electron chi connectivity index (χ0n) is 7.90. The molecule has 1 aromatic heterocycles. The standard InChI is InChI=1S/C11H11NS2/c1-8-3-2-4-9(5-8)10-7-14-11(6-13)12-10/h2-5,7,13H,6H2,1H3. The second-order valence-electron chi connectivity index (χ2n) is 3.15. The van der Waals surface area contributed by atoms with Crippen molar-refractivity contribution in [3.05, 3.63) is 40.2 Å². The lowest BCUT2D eigenvalue weighted by Gasteiger charge is -1.97. The first-order chi connectivity index (χ1) is 6.79. The van der Waals surface area contributed by atoms with Gasteiger partial charge in [-0.05, 0) is 13.0 Å². The fourth-order valence-corrected chi connectivity index (χ4v) is 2.28. The van der Waals surface area contributed by atoms with E-state index in [9.17, 15) is 0 Å². The molecule has 0 aliphatic carbocycles. The van der Waals surface area contributed by atoms with E-state index in [1.165, 1.54) is 11.1 Å². The molecule has 3 heteroatoms. The summed E-state index contributed by atoms with van der Waals surface area (Å²) in [7, 11) is 0. The van der Waals surface area contributed by atoms with Crippen molar-refractivity contribution in [2.45, 2.75) is 12.7 Å². The Labute approximate surface area is 93.2 Å². The zero-order valence-corrected chi connectivity index (χ0v) is 9.61. The lowest BCUT2D eigenvalue weighted by Crippen LogP contribution is -1.80. The normalized spacial score (nSPS) is 10.4. The summed E-state index contributed by atoms with van der Waals surface area (Å²) in [6.45, 7) is 2.09. The van der Waals surface area contributed by atoms with Gasteiger partial charge in [-0.25, -0.2) is 4.98 Å². The van der Waals surface area contributed by atoms with Crippen LogP contribution >= 0.6 is 24.0 Å². The zero-order chi connectivity index (χ0) is 9.97. The Morgan fingerprint density at radius 1 is 1.43 bits per heavy atom. The average Bonchev–Trinajstić information content (AvgIpc) is 2.66. The summed E-state index contributed by atoms with van der Waals surface area (Å²) >= 11 is 5.87. The molecule has 0 N–H and O–H groups in total. The molecule has 0 fully saturated rings. The van der Waals surface area contributed by atoms with Crippen molar-refractivity contribution < 1.29 is 0 Å². The maximum atomic E-state index is 4.48. The van der Waals surface area contributed by atoms with E-state index < -0.39 is 0 Å². The molecule has 1 aromatic carbocycles. The van der Waals surface area contributed by atoms with E-state index in [4.69, 9.17) is 0 Å². The van der Waals surface area contributed by atoms with Gasteiger partial charge in [0.15, 0.2) is 0 Å². The summed E-state index contributed by atoms with van der Waals surface area (Å²) < 4.78 is 0. The maximum Gasteiger partial charge on any atom is 0.103 e. The minimum atomic E-state index is 0.719. The van der Waals surface area contributed by atoms with Gasteiger partial charge in [0, 0.05) is 16.7 Å². The molecule has 14 heavy (non-hydrogen) atoms. The topological polar surface area (TPSA) is 12.9 Å². The van der Waals surface area contributed by atoms with E-state index in [2.05, 4.69) is 54.2 Å². The summed E-state index contributed by atoms with van der Waals surface area (Å²) in [5, 5.41) is 3.16. The Bertz CT molecular complexity index is 434. The number of rotatable bonds is 2. The van der Waals surface area contributed by atoms with Gasteiger partial charge in [0.25, 0.3) is 0 Å². The number of hydrogen-bond donors (Lipinski definition) is 1. The Kier molecular flexibility index (Phi) is 2.89. The van der Waals surface area contributed by atoms with Gasteiger partial charge in [0.05, 0.1) is 5.69 Å². The second kappa shape index (κ2) is 4.15. The molecule has 0 aliphatic heterocycles. The molecule has 0 bridgehead atoms. The highest BCUT2D eigenvalue weighted by Crippen LogP contribution is 2.23. The van der Waals surface area contributed by atoms with Crippen molar-refractivity contribution in [2.75, 3.05) is 0 Å². The predicted octanol–water partition coefficient (Wildman–Crippen LogP) is 3.55. The molecule has 2 rings (SSSR count). The van der Waals surface area contributed by atoms with Gasteiger partial charge in [0.2, 0.25) is 0 Å². The summed E-state index contributed by atoms with van der Waals surface area (Å²) in [5.41, 5.74) is 3.51. The summed E-state index contributed by atoms with van der Waals surface area (Å²) in [6, 6.07) is 8.39. The van der Waals surface area contributed by atoms with Crippen molar-refractivity contribution in [3.8, 4) is 11.3 Å². The van der Waals surface area contributed by atoms with Crippen molar-refractivity contribution in [1.82, 2.24) is 4.98 Å². The molecule has 0 spiro atoms. The smallest absolute Gasteiger partial charge is 0.103 e. The molecule has 2 aromatic rings. The van der Waals surface area contributed by atoms with Gasteiger partial charge in [-0.3, -0.25) is 0 Å². The molecule has 1 heterocycles. The number of hydrogen-bond acceptors (Lipinski definition) is 3. The quantitative estimate of drug-likeness (QED) is 0.765. The first kappa shape index (κ1) is 9.74. The fourth-order valence-electron chi connectivity index (χ4n) is 1.32. The van der Waals surface area contributed by atoms with Crippen molar-refractivity contribution in [3.63, 3.8) is 0 Å². The van der Waals surface area contributed by atoms with Gasteiger partial charge >= 0.3 is 0 Å². The molecule has 0 aliphatic rings. The van der Waals surface area contributed by atoms with Crippen molar-refractivity contribution in [1.29, 1.82) is 0 Å². The van der Waals surface area contributed by atoms with Crippen molar-refractivity contribution >= 4 is 24.0 Å². The Hall–Kier alpha value is -0.800. The van der Waals surface area contributed by atoms with Gasteiger partial charge in [-0.1, -0.05) is 23.8 Å². The van der Waals surface area contributed by atoms with Gasteiger partial charge in [0.1, 0.15) is 5.01 Å². The highest BCUT2D eigenvalue weighted by Gasteiger charge is 2.02. The van der Waals surface area contributed by atoms with Crippen molar-refractivity contribution in [2.24, 2.45) is 0 Å². The molecule has 1 nitrogen and oxygen atoms in total. The molecule has 72 valence electrons. The first-order valence-electron chi connectivity index (χ1n) is 4.42. The largest absolute Gasteiger partial charge is 0.240 e. The van der Waals surface area contributed by atoms with Crippen LogP contribution in [0.2, 0.25) is 0 Å². The number of nitrogens with zero attached hydrogens (tertiary/aromatic N) is 1. The van der Waals surface area contributed by atoms with Crippen LogP contribution in [0.15, 0.2) is 29.6 Å². The van der Waals surface area contributed by atoms with Crippen LogP contribution < -0.4 is 0 Å².